The van der Waals surface area contributed by atoms with E-state index in [0.717, 1.165) is 12.8 Å². The maximum absolute atomic E-state index is 11.9. The molecular formula is C17H28O4. The third-order valence-electron chi connectivity index (χ3n) is 4.87. The molecule has 0 saturated heterocycles. The SMILES string of the molecule is CCCC(=O)OC(C)C(C)(C(=O)O)C1CCC(C)=CC1C. The molecule has 0 heterocycles. The van der Waals surface area contributed by atoms with Crippen LogP contribution in [-0.4, -0.2) is 23.1 Å². The second kappa shape index (κ2) is 7.10. The molecule has 0 aliphatic heterocycles. The monoisotopic (exact) mass is 296 g/mol. The van der Waals surface area contributed by atoms with Gasteiger partial charge in [0.1, 0.15) is 11.5 Å². The lowest BCUT2D eigenvalue weighted by atomic mass is 9.63. The van der Waals surface area contributed by atoms with Crippen LogP contribution in [0.3, 0.4) is 0 Å². The smallest absolute Gasteiger partial charge is 0.313 e. The summed E-state index contributed by atoms with van der Waals surface area (Å²) in [5, 5.41) is 9.77. The first-order valence-electron chi connectivity index (χ1n) is 7.83. The molecule has 1 aliphatic carbocycles. The lowest BCUT2D eigenvalue weighted by molar-refractivity contribution is -0.173. The predicted octanol–water partition coefficient (Wildman–Crippen LogP) is 3.80. The Morgan fingerprint density at radius 1 is 1.52 bits per heavy atom. The number of allylic oxidation sites excluding steroid dienone is 2. The maximum atomic E-state index is 11.9. The maximum Gasteiger partial charge on any atom is 0.313 e. The number of carbonyl (C=O) groups is 2. The Balaban J connectivity index is 2.97. The fourth-order valence-electron chi connectivity index (χ4n) is 3.36. The fourth-order valence-corrected chi connectivity index (χ4v) is 3.36. The lowest BCUT2D eigenvalue weighted by Gasteiger charge is -2.42. The minimum absolute atomic E-state index is 0.0249. The zero-order valence-corrected chi connectivity index (χ0v) is 13.8. The van der Waals surface area contributed by atoms with Gasteiger partial charge in [-0.15, -0.1) is 0 Å². The average Bonchev–Trinajstić information content (AvgIpc) is 2.37. The van der Waals surface area contributed by atoms with Crippen LogP contribution < -0.4 is 0 Å². The van der Waals surface area contributed by atoms with Crippen molar-refractivity contribution < 1.29 is 19.4 Å². The molecular weight excluding hydrogens is 268 g/mol. The number of carboxylic acids is 1. The Morgan fingerprint density at radius 2 is 2.14 bits per heavy atom. The van der Waals surface area contributed by atoms with E-state index in [1.807, 2.05) is 6.92 Å². The van der Waals surface area contributed by atoms with Gasteiger partial charge < -0.3 is 9.84 Å². The molecule has 4 heteroatoms. The highest BCUT2D eigenvalue weighted by atomic mass is 16.5. The van der Waals surface area contributed by atoms with Crippen LogP contribution in [0.25, 0.3) is 0 Å². The van der Waals surface area contributed by atoms with Crippen LogP contribution in [0.5, 0.6) is 0 Å². The van der Waals surface area contributed by atoms with Gasteiger partial charge in [0.05, 0.1) is 0 Å². The van der Waals surface area contributed by atoms with Gasteiger partial charge in [0.2, 0.25) is 0 Å². The molecule has 0 aromatic rings. The van der Waals surface area contributed by atoms with Gasteiger partial charge in [-0.2, -0.15) is 0 Å². The van der Waals surface area contributed by atoms with Crippen molar-refractivity contribution in [2.24, 2.45) is 17.3 Å². The van der Waals surface area contributed by atoms with Gasteiger partial charge in [-0.25, -0.2) is 0 Å². The Hall–Kier alpha value is -1.32. The van der Waals surface area contributed by atoms with Crippen molar-refractivity contribution >= 4 is 11.9 Å². The molecule has 0 radical (unpaired) electrons. The summed E-state index contributed by atoms with van der Waals surface area (Å²) in [6, 6.07) is 0. The van der Waals surface area contributed by atoms with Crippen LogP contribution in [0.15, 0.2) is 11.6 Å². The van der Waals surface area contributed by atoms with Gasteiger partial charge in [-0.1, -0.05) is 25.5 Å². The molecule has 1 N–H and O–H groups in total. The Kier molecular flexibility index (Phi) is 5.99. The minimum atomic E-state index is -1.06. The molecule has 21 heavy (non-hydrogen) atoms. The number of rotatable bonds is 6. The normalized spacial score (nSPS) is 26.4. The van der Waals surface area contributed by atoms with Crippen LogP contribution in [0.2, 0.25) is 0 Å². The summed E-state index contributed by atoms with van der Waals surface area (Å²) in [5.41, 5.74) is 0.252. The van der Waals surface area contributed by atoms with Crippen LogP contribution in [0.1, 0.15) is 60.3 Å². The molecule has 0 saturated carbocycles. The number of ether oxygens (including phenoxy) is 1. The molecule has 0 fully saturated rings. The van der Waals surface area contributed by atoms with E-state index in [4.69, 9.17) is 4.74 Å². The summed E-state index contributed by atoms with van der Waals surface area (Å²) in [6.07, 6.45) is 4.29. The van der Waals surface area contributed by atoms with E-state index in [1.165, 1.54) is 5.57 Å². The first-order valence-corrected chi connectivity index (χ1v) is 7.83. The van der Waals surface area contributed by atoms with E-state index < -0.39 is 17.5 Å². The number of carbonyl (C=O) groups excluding carboxylic acids is 1. The molecule has 0 aromatic carbocycles. The van der Waals surface area contributed by atoms with E-state index in [2.05, 4.69) is 19.9 Å². The highest BCUT2D eigenvalue weighted by Crippen LogP contribution is 2.44. The first-order chi connectivity index (χ1) is 9.73. The van der Waals surface area contributed by atoms with E-state index in [-0.39, 0.29) is 17.8 Å². The quantitative estimate of drug-likeness (QED) is 0.598. The highest BCUT2D eigenvalue weighted by molar-refractivity contribution is 5.77. The standard InChI is InChI=1S/C17H28O4/c1-6-7-15(18)21-13(4)17(5,16(19)20)14-9-8-11(2)10-12(14)3/h10,12-14H,6-9H2,1-5H3,(H,19,20). The molecule has 0 amide bonds. The van der Waals surface area contributed by atoms with Crippen molar-refractivity contribution in [3.05, 3.63) is 11.6 Å². The van der Waals surface area contributed by atoms with Gasteiger partial charge >= 0.3 is 11.9 Å². The van der Waals surface area contributed by atoms with Crippen LogP contribution in [0.4, 0.5) is 0 Å². The van der Waals surface area contributed by atoms with Crippen molar-refractivity contribution in [1.29, 1.82) is 0 Å². The summed E-state index contributed by atoms with van der Waals surface area (Å²) < 4.78 is 5.41. The molecule has 0 bridgehead atoms. The van der Waals surface area contributed by atoms with E-state index in [1.54, 1.807) is 13.8 Å². The molecule has 1 rings (SSSR count). The minimum Gasteiger partial charge on any atom is -0.481 e. The second-order valence-corrected chi connectivity index (χ2v) is 6.49. The van der Waals surface area contributed by atoms with Crippen molar-refractivity contribution in [1.82, 2.24) is 0 Å². The summed E-state index contributed by atoms with van der Waals surface area (Å²) in [7, 11) is 0. The van der Waals surface area contributed by atoms with E-state index in [9.17, 15) is 14.7 Å². The summed E-state index contributed by atoms with van der Waals surface area (Å²) in [5.74, 6) is -1.05. The topological polar surface area (TPSA) is 63.6 Å². The predicted molar refractivity (Wildman–Crippen MR) is 81.8 cm³/mol. The summed E-state index contributed by atoms with van der Waals surface area (Å²) >= 11 is 0. The average molecular weight is 296 g/mol. The third-order valence-corrected chi connectivity index (χ3v) is 4.87. The van der Waals surface area contributed by atoms with Crippen molar-refractivity contribution in [2.75, 3.05) is 0 Å². The van der Waals surface area contributed by atoms with Gasteiger partial charge in [-0.3, -0.25) is 9.59 Å². The largest absolute Gasteiger partial charge is 0.481 e. The Morgan fingerprint density at radius 3 is 2.62 bits per heavy atom. The number of hydrogen-bond acceptors (Lipinski definition) is 3. The van der Waals surface area contributed by atoms with Crippen molar-refractivity contribution in [3.8, 4) is 0 Å². The van der Waals surface area contributed by atoms with Gasteiger partial charge in [0.25, 0.3) is 0 Å². The van der Waals surface area contributed by atoms with Gasteiger partial charge in [-0.05, 0) is 51.9 Å². The van der Waals surface area contributed by atoms with E-state index in [0.29, 0.717) is 12.8 Å². The van der Waals surface area contributed by atoms with Gasteiger partial charge in [0, 0.05) is 6.42 Å². The Labute approximate surface area is 127 Å². The lowest BCUT2D eigenvalue weighted by Crippen LogP contribution is -2.49. The third kappa shape index (κ3) is 3.86. The molecule has 1 aliphatic rings. The number of carboxylic acid groups (broad SMARTS) is 1. The number of hydrogen-bond donors (Lipinski definition) is 1. The first kappa shape index (κ1) is 17.7. The van der Waals surface area contributed by atoms with E-state index >= 15 is 0 Å². The fraction of sp³-hybridized carbons (Fsp3) is 0.765. The van der Waals surface area contributed by atoms with Crippen LogP contribution in [-0.2, 0) is 14.3 Å². The molecule has 4 unspecified atom stereocenters. The van der Waals surface area contributed by atoms with Crippen molar-refractivity contribution in [2.45, 2.75) is 66.4 Å². The molecule has 0 aromatic heterocycles. The zero-order valence-electron chi connectivity index (χ0n) is 13.8. The number of esters is 1. The molecule has 4 atom stereocenters. The summed E-state index contributed by atoms with van der Waals surface area (Å²) in [6.45, 7) is 9.46. The Bertz CT molecular complexity index is 427. The number of aliphatic carboxylic acids is 1. The second-order valence-electron chi connectivity index (χ2n) is 6.49. The van der Waals surface area contributed by atoms with Crippen molar-refractivity contribution in [3.63, 3.8) is 0 Å². The zero-order chi connectivity index (χ0) is 16.2. The highest BCUT2D eigenvalue weighted by Gasteiger charge is 2.50. The van der Waals surface area contributed by atoms with Crippen LogP contribution >= 0.6 is 0 Å². The summed E-state index contributed by atoms with van der Waals surface area (Å²) in [4.78, 5) is 23.6. The van der Waals surface area contributed by atoms with Gasteiger partial charge in [0.15, 0.2) is 0 Å². The molecule has 120 valence electrons. The molecule has 0 spiro atoms. The molecule has 4 nitrogen and oxygen atoms in total. The van der Waals surface area contributed by atoms with Crippen LogP contribution in [0, 0.1) is 17.3 Å².